The summed E-state index contributed by atoms with van der Waals surface area (Å²) in [5, 5.41) is 0. The molecule has 0 spiro atoms. The monoisotopic (exact) mass is 300 g/mol. The molecule has 0 radical (unpaired) electrons. The van der Waals surface area contributed by atoms with Gasteiger partial charge in [0.1, 0.15) is 0 Å². The zero-order chi connectivity index (χ0) is 13.0. The second-order valence-corrected chi connectivity index (χ2v) is 5.91. The predicted octanol–water partition coefficient (Wildman–Crippen LogP) is 2.53. The van der Waals surface area contributed by atoms with Crippen molar-refractivity contribution in [1.82, 2.24) is 4.90 Å². The fourth-order valence-electron chi connectivity index (χ4n) is 2.12. The highest BCUT2D eigenvalue weighted by molar-refractivity contribution is 7.98. The van der Waals surface area contributed by atoms with Gasteiger partial charge in [-0.05, 0) is 29.9 Å². The van der Waals surface area contributed by atoms with Crippen LogP contribution >= 0.6 is 24.2 Å². The quantitative estimate of drug-likeness (QED) is 0.929. The summed E-state index contributed by atoms with van der Waals surface area (Å²) < 4.78 is 0. The summed E-state index contributed by atoms with van der Waals surface area (Å²) in [6, 6.07) is 8.10. The second-order valence-electron chi connectivity index (χ2n) is 4.63. The third-order valence-corrected chi connectivity index (χ3v) is 4.13. The molecule has 0 aliphatic carbocycles. The molecule has 1 fully saturated rings. The van der Waals surface area contributed by atoms with E-state index in [0.717, 1.165) is 30.0 Å². The maximum atomic E-state index is 12.2. The minimum absolute atomic E-state index is 0. The number of rotatable bonds is 4. The minimum atomic E-state index is 0. The van der Waals surface area contributed by atoms with Gasteiger partial charge >= 0.3 is 0 Å². The van der Waals surface area contributed by atoms with E-state index in [-0.39, 0.29) is 24.4 Å². The molecule has 1 saturated heterocycles. The lowest BCUT2D eigenvalue weighted by Gasteiger charge is -2.15. The van der Waals surface area contributed by atoms with Crippen molar-refractivity contribution >= 4 is 30.1 Å². The molecule has 1 amide bonds. The first-order chi connectivity index (χ1) is 8.70. The average Bonchev–Trinajstić information content (AvgIpc) is 2.83. The van der Waals surface area contributed by atoms with Crippen LogP contribution in [-0.2, 0) is 5.75 Å². The Hall–Kier alpha value is -0.710. The van der Waals surface area contributed by atoms with E-state index < -0.39 is 0 Å². The maximum absolute atomic E-state index is 12.2. The lowest BCUT2D eigenvalue weighted by molar-refractivity contribution is 0.0791. The fraction of sp³-hybridized carbons (Fsp3) is 0.500. The van der Waals surface area contributed by atoms with Gasteiger partial charge in [-0.15, -0.1) is 12.4 Å². The third kappa shape index (κ3) is 4.41. The zero-order valence-corrected chi connectivity index (χ0v) is 12.8. The number of amides is 1. The Kier molecular flexibility index (Phi) is 6.69. The summed E-state index contributed by atoms with van der Waals surface area (Å²) in [5.74, 6) is 2.24. The Morgan fingerprint density at radius 1 is 1.42 bits per heavy atom. The van der Waals surface area contributed by atoms with Crippen LogP contribution in [0, 0.1) is 0 Å². The number of carbonyl (C=O) groups is 1. The van der Waals surface area contributed by atoms with E-state index in [1.54, 1.807) is 0 Å². The molecule has 1 aliphatic rings. The van der Waals surface area contributed by atoms with Gasteiger partial charge in [0.15, 0.2) is 0 Å². The van der Waals surface area contributed by atoms with E-state index in [4.69, 9.17) is 5.73 Å². The van der Waals surface area contributed by atoms with Crippen molar-refractivity contribution in [3.63, 3.8) is 0 Å². The predicted molar refractivity (Wildman–Crippen MR) is 84.0 cm³/mol. The van der Waals surface area contributed by atoms with Crippen molar-refractivity contribution in [2.24, 2.45) is 5.73 Å². The molecule has 0 aromatic heterocycles. The highest BCUT2D eigenvalue weighted by atomic mass is 35.5. The van der Waals surface area contributed by atoms with Gasteiger partial charge in [-0.1, -0.05) is 19.1 Å². The summed E-state index contributed by atoms with van der Waals surface area (Å²) >= 11 is 1.89. The van der Waals surface area contributed by atoms with Crippen molar-refractivity contribution in [2.45, 2.75) is 25.1 Å². The fourth-order valence-corrected chi connectivity index (χ4v) is 2.75. The first-order valence-corrected chi connectivity index (χ1v) is 7.57. The molecule has 1 heterocycles. The number of thioether (sulfide) groups is 1. The molecule has 5 heteroatoms. The van der Waals surface area contributed by atoms with Crippen LogP contribution in [0.5, 0.6) is 0 Å². The molecule has 1 atom stereocenters. The molecular formula is C14H21ClN2OS. The van der Waals surface area contributed by atoms with Crippen LogP contribution in [0.3, 0.4) is 0 Å². The molecule has 1 aromatic carbocycles. The Morgan fingerprint density at radius 2 is 2.11 bits per heavy atom. The SMILES string of the molecule is CCSCc1ccc(C(=O)N2CC[C@@H](N)C2)cc1.Cl. The number of nitrogens with two attached hydrogens (primary N) is 1. The average molecular weight is 301 g/mol. The first-order valence-electron chi connectivity index (χ1n) is 6.42. The number of benzene rings is 1. The van der Waals surface area contributed by atoms with E-state index in [1.807, 2.05) is 40.9 Å². The van der Waals surface area contributed by atoms with E-state index in [2.05, 4.69) is 6.92 Å². The molecule has 0 saturated carbocycles. The minimum Gasteiger partial charge on any atom is -0.337 e. The van der Waals surface area contributed by atoms with Crippen molar-refractivity contribution in [3.8, 4) is 0 Å². The smallest absolute Gasteiger partial charge is 0.253 e. The van der Waals surface area contributed by atoms with Gasteiger partial charge in [-0.2, -0.15) is 11.8 Å². The molecular weight excluding hydrogens is 280 g/mol. The van der Waals surface area contributed by atoms with Crippen LogP contribution in [0.2, 0.25) is 0 Å². The van der Waals surface area contributed by atoms with E-state index in [9.17, 15) is 4.79 Å². The van der Waals surface area contributed by atoms with Gasteiger partial charge in [0.2, 0.25) is 0 Å². The molecule has 3 nitrogen and oxygen atoms in total. The van der Waals surface area contributed by atoms with Crippen molar-refractivity contribution in [2.75, 3.05) is 18.8 Å². The van der Waals surface area contributed by atoms with E-state index in [1.165, 1.54) is 5.56 Å². The highest BCUT2D eigenvalue weighted by Gasteiger charge is 2.24. The van der Waals surface area contributed by atoms with Crippen LogP contribution in [-0.4, -0.2) is 35.7 Å². The van der Waals surface area contributed by atoms with Crippen LogP contribution in [0.15, 0.2) is 24.3 Å². The summed E-state index contributed by atoms with van der Waals surface area (Å²) in [6.07, 6.45) is 0.914. The molecule has 2 N–H and O–H groups in total. The number of hydrogen-bond donors (Lipinski definition) is 1. The van der Waals surface area contributed by atoms with Gasteiger partial charge in [0, 0.05) is 30.4 Å². The zero-order valence-electron chi connectivity index (χ0n) is 11.2. The lowest BCUT2D eigenvalue weighted by Crippen LogP contribution is -2.31. The number of likely N-dealkylation sites (tertiary alicyclic amines) is 1. The molecule has 1 aliphatic heterocycles. The molecule has 2 rings (SSSR count). The van der Waals surface area contributed by atoms with Crippen LogP contribution in [0.4, 0.5) is 0 Å². The Labute approximate surface area is 125 Å². The summed E-state index contributed by atoms with van der Waals surface area (Å²) in [5.41, 5.74) is 7.87. The second kappa shape index (κ2) is 7.78. The molecule has 1 aromatic rings. The molecule has 106 valence electrons. The Bertz CT molecular complexity index is 410. The lowest BCUT2D eigenvalue weighted by atomic mass is 10.1. The maximum Gasteiger partial charge on any atom is 0.253 e. The van der Waals surface area contributed by atoms with Gasteiger partial charge < -0.3 is 10.6 Å². The van der Waals surface area contributed by atoms with Gasteiger partial charge in [-0.3, -0.25) is 4.79 Å². The van der Waals surface area contributed by atoms with E-state index in [0.29, 0.717) is 6.54 Å². The normalized spacial score (nSPS) is 18.2. The summed E-state index contributed by atoms with van der Waals surface area (Å²) in [6.45, 7) is 3.62. The van der Waals surface area contributed by atoms with Crippen molar-refractivity contribution in [1.29, 1.82) is 0 Å². The number of hydrogen-bond acceptors (Lipinski definition) is 3. The van der Waals surface area contributed by atoms with Crippen molar-refractivity contribution < 1.29 is 4.79 Å². The number of nitrogens with zero attached hydrogens (tertiary/aromatic N) is 1. The molecule has 0 unspecified atom stereocenters. The molecule has 0 bridgehead atoms. The van der Waals surface area contributed by atoms with Gasteiger partial charge in [-0.25, -0.2) is 0 Å². The first kappa shape index (κ1) is 16.3. The number of halogens is 1. The Balaban J connectivity index is 0.00000180. The largest absolute Gasteiger partial charge is 0.337 e. The van der Waals surface area contributed by atoms with Gasteiger partial charge in [0.25, 0.3) is 5.91 Å². The van der Waals surface area contributed by atoms with Crippen LogP contribution in [0.1, 0.15) is 29.3 Å². The summed E-state index contributed by atoms with van der Waals surface area (Å²) in [4.78, 5) is 14.0. The van der Waals surface area contributed by atoms with Gasteiger partial charge in [0.05, 0.1) is 0 Å². The molecule has 19 heavy (non-hydrogen) atoms. The van der Waals surface area contributed by atoms with Crippen molar-refractivity contribution in [3.05, 3.63) is 35.4 Å². The summed E-state index contributed by atoms with van der Waals surface area (Å²) in [7, 11) is 0. The highest BCUT2D eigenvalue weighted by Crippen LogP contribution is 2.16. The topological polar surface area (TPSA) is 46.3 Å². The van der Waals surface area contributed by atoms with Crippen LogP contribution < -0.4 is 5.73 Å². The standard InChI is InChI=1S/C14H20N2OS.ClH/c1-2-18-10-11-3-5-12(6-4-11)14(17)16-8-7-13(15)9-16;/h3-6,13H,2,7-10,15H2,1H3;1H/t13-;/m1./s1. The number of carbonyl (C=O) groups excluding carboxylic acids is 1. The third-order valence-electron chi connectivity index (χ3n) is 3.19. The Morgan fingerprint density at radius 3 is 2.63 bits per heavy atom. The van der Waals surface area contributed by atoms with Crippen LogP contribution in [0.25, 0.3) is 0 Å². The van der Waals surface area contributed by atoms with E-state index >= 15 is 0 Å².